The highest BCUT2D eigenvalue weighted by molar-refractivity contribution is 5.91. The molecule has 3 aromatic rings. The molecule has 0 saturated heterocycles. The van der Waals surface area contributed by atoms with E-state index in [-0.39, 0.29) is 24.8 Å². The first-order valence-corrected chi connectivity index (χ1v) is 10.3. The molecule has 2 aromatic heterocycles. The van der Waals surface area contributed by atoms with Crippen LogP contribution >= 0.6 is 0 Å². The summed E-state index contributed by atoms with van der Waals surface area (Å²) in [7, 11) is 1.62. The van der Waals surface area contributed by atoms with Gasteiger partial charge in [0.2, 0.25) is 5.95 Å². The summed E-state index contributed by atoms with van der Waals surface area (Å²) < 4.78 is 4.47. The average molecular weight is 422 g/mol. The van der Waals surface area contributed by atoms with Crippen LogP contribution in [0, 0.1) is 0 Å². The van der Waals surface area contributed by atoms with Gasteiger partial charge in [-0.3, -0.25) is 18.5 Å². The highest BCUT2D eigenvalue weighted by atomic mass is 16.3. The van der Waals surface area contributed by atoms with Gasteiger partial charge in [0.1, 0.15) is 0 Å². The van der Waals surface area contributed by atoms with Crippen molar-refractivity contribution >= 4 is 28.9 Å². The lowest BCUT2D eigenvalue weighted by atomic mass is 10.2. The molecule has 1 aliphatic rings. The monoisotopic (exact) mass is 422 g/mol. The summed E-state index contributed by atoms with van der Waals surface area (Å²) in [4.78, 5) is 30.9. The van der Waals surface area contributed by atoms with Crippen LogP contribution in [-0.2, 0) is 13.6 Å². The minimum atomic E-state index is -0.419. The number of benzene rings is 1. The second-order valence-electron chi connectivity index (χ2n) is 7.64. The van der Waals surface area contributed by atoms with Crippen molar-refractivity contribution in [3.05, 3.63) is 62.8 Å². The van der Waals surface area contributed by atoms with Gasteiger partial charge >= 0.3 is 5.69 Å². The predicted molar refractivity (Wildman–Crippen MR) is 122 cm³/mol. The summed E-state index contributed by atoms with van der Waals surface area (Å²) in [6.45, 7) is 4.50. The van der Waals surface area contributed by atoms with Gasteiger partial charge in [-0.15, -0.1) is 0 Å². The van der Waals surface area contributed by atoms with Crippen molar-refractivity contribution in [2.75, 3.05) is 18.2 Å². The smallest absolute Gasteiger partial charge is 0.332 e. The number of hydrogen-bond acceptors (Lipinski definition) is 6. The molecule has 3 heterocycles. The SMILES string of the molecule is CC1=NN(CCCO)c2nc3c(c(=O)n(C/C=C/c4ccccc4)c(=O)n3C)n2[C@@H]1C. The van der Waals surface area contributed by atoms with Crippen LogP contribution in [0.2, 0.25) is 0 Å². The first-order chi connectivity index (χ1) is 14.9. The number of nitrogens with zero attached hydrogens (tertiary/aromatic N) is 6. The van der Waals surface area contributed by atoms with E-state index in [1.165, 1.54) is 9.13 Å². The fourth-order valence-electron chi connectivity index (χ4n) is 3.77. The molecule has 9 heteroatoms. The van der Waals surface area contributed by atoms with Crippen molar-refractivity contribution in [2.45, 2.75) is 32.9 Å². The van der Waals surface area contributed by atoms with Crippen LogP contribution in [0.25, 0.3) is 17.2 Å². The molecule has 0 amide bonds. The highest BCUT2D eigenvalue weighted by Gasteiger charge is 2.30. The molecule has 1 atom stereocenters. The normalized spacial score (nSPS) is 16.2. The van der Waals surface area contributed by atoms with E-state index in [1.807, 2.05) is 54.8 Å². The Hall–Kier alpha value is -3.46. The lowest BCUT2D eigenvalue weighted by molar-refractivity contribution is 0.289. The quantitative estimate of drug-likeness (QED) is 0.653. The Labute approximate surface area is 179 Å². The molecule has 0 bridgehead atoms. The topological polar surface area (TPSA) is 97.7 Å². The molecule has 0 radical (unpaired) electrons. The third-order valence-corrected chi connectivity index (χ3v) is 5.58. The van der Waals surface area contributed by atoms with Gasteiger partial charge in [0.05, 0.1) is 11.8 Å². The Morgan fingerprint density at radius 2 is 1.94 bits per heavy atom. The fraction of sp³-hybridized carbons (Fsp3) is 0.364. The Kier molecular flexibility index (Phi) is 5.60. The summed E-state index contributed by atoms with van der Waals surface area (Å²) in [5, 5.41) is 15.5. The Morgan fingerprint density at radius 3 is 2.65 bits per heavy atom. The summed E-state index contributed by atoms with van der Waals surface area (Å²) in [6, 6.07) is 9.54. The van der Waals surface area contributed by atoms with Gasteiger partial charge in [-0.1, -0.05) is 42.5 Å². The van der Waals surface area contributed by atoms with E-state index in [1.54, 1.807) is 18.1 Å². The maximum atomic E-state index is 13.4. The second kappa shape index (κ2) is 8.35. The van der Waals surface area contributed by atoms with E-state index in [9.17, 15) is 14.7 Å². The molecule has 0 unspecified atom stereocenters. The number of aliphatic hydroxyl groups excluding tert-OH is 1. The number of hydrogen-bond donors (Lipinski definition) is 1. The molecule has 31 heavy (non-hydrogen) atoms. The Balaban J connectivity index is 1.84. The number of fused-ring (bicyclic) bond motifs is 3. The molecule has 0 fully saturated rings. The highest BCUT2D eigenvalue weighted by Crippen LogP contribution is 2.29. The number of aliphatic hydroxyl groups is 1. The van der Waals surface area contributed by atoms with Gasteiger partial charge in [0, 0.05) is 26.7 Å². The number of aromatic nitrogens is 4. The van der Waals surface area contributed by atoms with Crippen LogP contribution < -0.4 is 16.3 Å². The fourth-order valence-corrected chi connectivity index (χ4v) is 3.77. The first-order valence-electron chi connectivity index (χ1n) is 10.3. The lowest BCUT2D eigenvalue weighted by Gasteiger charge is -2.29. The van der Waals surface area contributed by atoms with Crippen LogP contribution in [0.3, 0.4) is 0 Å². The van der Waals surface area contributed by atoms with Crippen molar-refractivity contribution < 1.29 is 5.11 Å². The number of rotatable bonds is 6. The summed E-state index contributed by atoms with van der Waals surface area (Å²) in [6.07, 6.45) is 4.21. The van der Waals surface area contributed by atoms with Crippen molar-refractivity contribution in [1.29, 1.82) is 0 Å². The van der Waals surface area contributed by atoms with Gasteiger partial charge in [-0.2, -0.15) is 10.1 Å². The van der Waals surface area contributed by atoms with Gasteiger partial charge in [0.25, 0.3) is 5.56 Å². The molecule has 0 saturated carbocycles. The van der Waals surface area contributed by atoms with Crippen LogP contribution in [0.1, 0.15) is 31.9 Å². The zero-order chi connectivity index (χ0) is 22.1. The molecule has 1 N–H and O–H groups in total. The molecule has 9 nitrogen and oxygen atoms in total. The Bertz CT molecular complexity index is 1280. The molecule has 1 aliphatic heterocycles. The maximum Gasteiger partial charge on any atom is 0.332 e. The van der Waals surface area contributed by atoms with Gasteiger partial charge < -0.3 is 5.11 Å². The zero-order valence-electron chi connectivity index (χ0n) is 17.9. The Morgan fingerprint density at radius 1 is 1.19 bits per heavy atom. The van der Waals surface area contributed by atoms with Crippen LogP contribution in [0.5, 0.6) is 0 Å². The van der Waals surface area contributed by atoms with Gasteiger partial charge in [-0.05, 0) is 25.8 Å². The molecule has 1 aromatic carbocycles. The molecule has 0 spiro atoms. The lowest BCUT2D eigenvalue weighted by Crippen LogP contribution is -2.40. The van der Waals surface area contributed by atoms with E-state index >= 15 is 0 Å². The second-order valence-corrected chi connectivity index (χ2v) is 7.64. The van der Waals surface area contributed by atoms with Crippen molar-refractivity contribution in [1.82, 2.24) is 18.7 Å². The molecule has 162 valence electrons. The van der Waals surface area contributed by atoms with E-state index in [0.29, 0.717) is 30.1 Å². The van der Waals surface area contributed by atoms with E-state index in [4.69, 9.17) is 0 Å². The van der Waals surface area contributed by atoms with E-state index < -0.39 is 5.69 Å². The van der Waals surface area contributed by atoms with Gasteiger partial charge in [-0.25, -0.2) is 9.80 Å². The first kappa shape index (κ1) is 20.8. The largest absolute Gasteiger partial charge is 0.396 e. The van der Waals surface area contributed by atoms with Crippen molar-refractivity contribution in [3.8, 4) is 0 Å². The molecule has 0 aliphatic carbocycles. The third kappa shape index (κ3) is 3.61. The van der Waals surface area contributed by atoms with Crippen LogP contribution in [-0.4, -0.2) is 42.7 Å². The third-order valence-electron chi connectivity index (χ3n) is 5.58. The van der Waals surface area contributed by atoms with Crippen LogP contribution in [0.15, 0.2) is 51.1 Å². The van der Waals surface area contributed by atoms with Crippen molar-refractivity contribution in [3.63, 3.8) is 0 Å². The summed E-state index contributed by atoms with van der Waals surface area (Å²) in [5.41, 5.74) is 1.74. The molecular formula is C22H26N6O3. The minimum absolute atomic E-state index is 0.0277. The zero-order valence-corrected chi connectivity index (χ0v) is 17.9. The summed E-state index contributed by atoms with van der Waals surface area (Å²) >= 11 is 0. The number of hydrazone groups is 1. The molecular weight excluding hydrogens is 396 g/mol. The number of allylic oxidation sites excluding steroid dienone is 1. The van der Waals surface area contributed by atoms with Gasteiger partial charge in [0.15, 0.2) is 11.2 Å². The predicted octanol–water partition coefficient (Wildman–Crippen LogP) is 1.75. The molecule has 4 rings (SSSR count). The minimum Gasteiger partial charge on any atom is -0.396 e. The number of anilines is 1. The maximum absolute atomic E-state index is 13.4. The van der Waals surface area contributed by atoms with E-state index in [0.717, 1.165) is 11.3 Å². The standard InChI is InChI=1S/C22H26N6O3/c1-15-16(2)28-18-19(23-21(28)27(24-15)13-8-14-29)25(3)22(31)26(20(18)30)12-7-11-17-9-5-4-6-10-17/h4-7,9-11,16,29H,8,12-14H2,1-3H3/b11-7+/t16-/m1/s1. The number of aryl methyl sites for hydroxylation is 1. The van der Waals surface area contributed by atoms with E-state index in [2.05, 4.69) is 10.1 Å². The van der Waals surface area contributed by atoms with Crippen molar-refractivity contribution in [2.24, 2.45) is 12.1 Å². The van der Waals surface area contributed by atoms with Crippen LogP contribution in [0.4, 0.5) is 5.95 Å². The summed E-state index contributed by atoms with van der Waals surface area (Å²) in [5.74, 6) is 0.506. The number of imidazole rings is 1. The average Bonchev–Trinajstić information content (AvgIpc) is 3.18.